The number of H-pyrrole nitrogens is 1. The third kappa shape index (κ3) is 2.02. The smallest absolute Gasteiger partial charge is 0.267 e. The zero-order chi connectivity index (χ0) is 10.7. The minimum atomic E-state index is -0.185. The van der Waals surface area contributed by atoms with E-state index in [1.165, 1.54) is 0 Å². The predicted octanol–water partition coefficient (Wildman–Crippen LogP) is 0.873. The zero-order valence-corrected chi connectivity index (χ0v) is 8.12. The minimum absolute atomic E-state index is 0.0767. The quantitative estimate of drug-likeness (QED) is 0.652. The van der Waals surface area contributed by atoms with Crippen LogP contribution in [0.2, 0.25) is 0 Å². The van der Waals surface area contributed by atoms with Gasteiger partial charge in [0.15, 0.2) is 5.58 Å². The summed E-state index contributed by atoms with van der Waals surface area (Å²) in [6.45, 7) is 0.545. The zero-order valence-electron chi connectivity index (χ0n) is 8.12. The Morgan fingerprint density at radius 1 is 1.60 bits per heavy atom. The molecule has 2 heterocycles. The molecule has 0 bridgehead atoms. The predicted molar refractivity (Wildman–Crippen MR) is 54.6 cm³/mol. The summed E-state index contributed by atoms with van der Waals surface area (Å²) in [5.41, 5.74) is 1.95. The summed E-state index contributed by atoms with van der Waals surface area (Å²) in [5.74, 6) is -0.185. The van der Waals surface area contributed by atoms with Gasteiger partial charge in [-0.05, 0) is 6.42 Å². The highest BCUT2D eigenvalue weighted by atomic mass is 16.3. The molecule has 0 aliphatic carbocycles. The number of aromatic nitrogens is 1. The second kappa shape index (κ2) is 4.18. The van der Waals surface area contributed by atoms with Gasteiger partial charge in [-0.2, -0.15) is 0 Å². The third-order valence-electron chi connectivity index (χ3n) is 2.11. The molecule has 0 radical (unpaired) electrons. The molecule has 2 aromatic heterocycles. The number of fused-ring (bicyclic) bond motifs is 1. The summed E-state index contributed by atoms with van der Waals surface area (Å²) >= 11 is 0. The Kier molecular flexibility index (Phi) is 2.73. The van der Waals surface area contributed by atoms with Gasteiger partial charge < -0.3 is 19.8 Å². The van der Waals surface area contributed by atoms with Crippen LogP contribution in [0.15, 0.2) is 22.8 Å². The standard InChI is InChI=1S/C10H12N2O3/c13-4-1-3-11-10(14)8-6-9-7(12-8)2-5-15-9/h2,5-6,12-13H,1,3-4H2,(H,11,14). The van der Waals surface area contributed by atoms with Crippen LogP contribution >= 0.6 is 0 Å². The van der Waals surface area contributed by atoms with E-state index in [0.29, 0.717) is 24.2 Å². The Morgan fingerprint density at radius 3 is 3.20 bits per heavy atom. The number of furan rings is 1. The molecule has 3 N–H and O–H groups in total. The molecule has 2 aromatic rings. The van der Waals surface area contributed by atoms with Crippen molar-refractivity contribution in [2.24, 2.45) is 0 Å². The van der Waals surface area contributed by atoms with E-state index in [1.54, 1.807) is 18.4 Å². The van der Waals surface area contributed by atoms with E-state index in [0.717, 1.165) is 5.52 Å². The Morgan fingerprint density at radius 2 is 2.47 bits per heavy atom. The fourth-order valence-electron chi connectivity index (χ4n) is 1.35. The van der Waals surface area contributed by atoms with Gasteiger partial charge in [-0.1, -0.05) is 0 Å². The topological polar surface area (TPSA) is 78.3 Å². The molecular weight excluding hydrogens is 196 g/mol. The molecule has 0 aromatic carbocycles. The Bertz CT molecular complexity index is 429. The summed E-state index contributed by atoms with van der Waals surface area (Å²) in [7, 11) is 0. The summed E-state index contributed by atoms with van der Waals surface area (Å²) in [6, 6.07) is 3.42. The number of aliphatic hydroxyl groups excluding tert-OH is 1. The number of amides is 1. The molecule has 80 valence electrons. The summed E-state index contributed by atoms with van der Waals surface area (Å²) in [6.07, 6.45) is 2.12. The van der Waals surface area contributed by atoms with Gasteiger partial charge in [-0.15, -0.1) is 0 Å². The molecule has 0 fully saturated rings. The SMILES string of the molecule is O=C(NCCCO)c1cc2occc2[nH]1. The Balaban J connectivity index is 2.04. The van der Waals surface area contributed by atoms with Crippen molar-refractivity contribution < 1.29 is 14.3 Å². The average molecular weight is 208 g/mol. The highest BCUT2D eigenvalue weighted by Crippen LogP contribution is 2.15. The van der Waals surface area contributed by atoms with Crippen molar-refractivity contribution in [1.82, 2.24) is 10.3 Å². The van der Waals surface area contributed by atoms with Gasteiger partial charge >= 0.3 is 0 Å². The molecule has 0 saturated heterocycles. The number of hydrogen-bond acceptors (Lipinski definition) is 3. The van der Waals surface area contributed by atoms with Gasteiger partial charge in [0.05, 0.1) is 11.8 Å². The monoisotopic (exact) mass is 208 g/mol. The number of aliphatic hydroxyl groups is 1. The van der Waals surface area contributed by atoms with Gasteiger partial charge in [0.1, 0.15) is 5.69 Å². The van der Waals surface area contributed by atoms with Gasteiger partial charge in [0.2, 0.25) is 0 Å². The van der Waals surface area contributed by atoms with E-state index in [2.05, 4.69) is 10.3 Å². The van der Waals surface area contributed by atoms with Crippen LogP contribution < -0.4 is 5.32 Å². The summed E-state index contributed by atoms with van der Waals surface area (Å²) in [4.78, 5) is 14.5. The normalized spacial score (nSPS) is 10.7. The van der Waals surface area contributed by atoms with Crippen molar-refractivity contribution in [3.63, 3.8) is 0 Å². The minimum Gasteiger partial charge on any atom is -0.463 e. The first-order valence-corrected chi connectivity index (χ1v) is 4.76. The average Bonchev–Trinajstić information content (AvgIpc) is 2.76. The van der Waals surface area contributed by atoms with E-state index < -0.39 is 0 Å². The lowest BCUT2D eigenvalue weighted by molar-refractivity contribution is 0.0947. The van der Waals surface area contributed by atoms with Crippen LogP contribution in [0.1, 0.15) is 16.9 Å². The van der Waals surface area contributed by atoms with Gasteiger partial charge in [0, 0.05) is 25.3 Å². The van der Waals surface area contributed by atoms with E-state index in [9.17, 15) is 4.79 Å². The molecule has 2 rings (SSSR count). The lowest BCUT2D eigenvalue weighted by atomic mass is 10.4. The molecule has 0 aliphatic heterocycles. The molecule has 15 heavy (non-hydrogen) atoms. The van der Waals surface area contributed by atoms with Gasteiger partial charge in [0.25, 0.3) is 5.91 Å². The molecule has 0 aliphatic rings. The summed E-state index contributed by atoms with van der Waals surface area (Å²) < 4.78 is 5.12. The fourth-order valence-corrected chi connectivity index (χ4v) is 1.35. The maximum Gasteiger partial charge on any atom is 0.267 e. The van der Waals surface area contributed by atoms with Crippen molar-refractivity contribution in [2.45, 2.75) is 6.42 Å². The van der Waals surface area contributed by atoms with Crippen LogP contribution in [-0.4, -0.2) is 29.1 Å². The molecule has 5 nitrogen and oxygen atoms in total. The Hall–Kier alpha value is -1.75. The van der Waals surface area contributed by atoms with E-state index >= 15 is 0 Å². The highest BCUT2D eigenvalue weighted by Gasteiger charge is 2.09. The van der Waals surface area contributed by atoms with Crippen LogP contribution in [0, 0.1) is 0 Å². The van der Waals surface area contributed by atoms with Crippen molar-refractivity contribution in [2.75, 3.05) is 13.2 Å². The van der Waals surface area contributed by atoms with E-state index in [-0.39, 0.29) is 12.5 Å². The maximum absolute atomic E-state index is 11.5. The highest BCUT2D eigenvalue weighted by molar-refractivity contribution is 5.96. The molecule has 0 saturated carbocycles. The van der Waals surface area contributed by atoms with Crippen LogP contribution in [0.3, 0.4) is 0 Å². The van der Waals surface area contributed by atoms with Crippen molar-refractivity contribution in [3.05, 3.63) is 24.1 Å². The van der Waals surface area contributed by atoms with Crippen LogP contribution in [0.4, 0.5) is 0 Å². The lowest BCUT2D eigenvalue weighted by Crippen LogP contribution is -2.25. The Labute approximate surface area is 86.1 Å². The number of carbonyl (C=O) groups is 1. The molecule has 0 unspecified atom stereocenters. The van der Waals surface area contributed by atoms with E-state index in [4.69, 9.17) is 9.52 Å². The van der Waals surface area contributed by atoms with Gasteiger partial charge in [-0.3, -0.25) is 4.79 Å². The van der Waals surface area contributed by atoms with Crippen LogP contribution in [-0.2, 0) is 0 Å². The van der Waals surface area contributed by atoms with Gasteiger partial charge in [-0.25, -0.2) is 0 Å². The van der Waals surface area contributed by atoms with Crippen LogP contribution in [0.5, 0.6) is 0 Å². The first-order valence-electron chi connectivity index (χ1n) is 4.76. The number of aromatic amines is 1. The van der Waals surface area contributed by atoms with Crippen LogP contribution in [0.25, 0.3) is 11.1 Å². The number of nitrogens with one attached hydrogen (secondary N) is 2. The fraction of sp³-hybridized carbons (Fsp3) is 0.300. The first-order chi connectivity index (χ1) is 7.31. The second-order valence-corrected chi connectivity index (χ2v) is 3.21. The van der Waals surface area contributed by atoms with Crippen molar-refractivity contribution >= 4 is 17.0 Å². The molecule has 0 spiro atoms. The third-order valence-corrected chi connectivity index (χ3v) is 2.11. The number of carbonyl (C=O) groups excluding carboxylic acids is 1. The number of rotatable bonds is 4. The molecule has 5 heteroatoms. The lowest BCUT2D eigenvalue weighted by Gasteiger charge is -2.00. The maximum atomic E-state index is 11.5. The molecule has 1 amide bonds. The van der Waals surface area contributed by atoms with E-state index in [1.807, 2.05) is 0 Å². The number of hydrogen-bond donors (Lipinski definition) is 3. The molecule has 0 atom stereocenters. The van der Waals surface area contributed by atoms with Crippen molar-refractivity contribution in [3.8, 4) is 0 Å². The van der Waals surface area contributed by atoms with Crippen molar-refractivity contribution in [1.29, 1.82) is 0 Å². The first kappa shape index (κ1) is 9.79. The second-order valence-electron chi connectivity index (χ2n) is 3.21. The summed E-state index contributed by atoms with van der Waals surface area (Å²) in [5, 5.41) is 11.2. The largest absolute Gasteiger partial charge is 0.463 e. The molecular formula is C10H12N2O3.